The number of nitrogen functional groups attached to an aromatic ring is 3. The molecule has 5 heteroatoms. The maximum Gasteiger partial charge on any atom is 0.144 e. The molecule has 0 bridgehead atoms. The van der Waals surface area contributed by atoms with E-state index in [2.05, 4.69) is 6.92 Å². The van der Waals surface area contributed by atoms with Gasteiger partial charge in [-0.15, -0.1) is 0 Å². The minimum absolute atomic E-state index is 0.00796. The molecule has 0 amide bonds. The average Bonchev–Trinajstić information content (AvgIpc) is 2.54. The number of aromatic hydroxyl groups is 1. The second-order valence-electron chi connectivity index (χ2n) is 6.74. The van der Waals surface area contributed by atoms with Gasteiger partial charge in [-0.25, -0.2) is 0 Å². The van der Waals surface area contributed by atoms with Gasteiger partial charge in [0.05, 0.1) is 23.7 Å². The maximum atomic E-state index is 9.74. The molecule has 23 heavy (non-hydrogen) atoms. The zero-order chi connectivity index (χ0) is 16.6. The lowest BCUT2D eigenvalue weighted by molar-refractivity contribution is 0.189. The summed E-state index contributed by atoms with van der Waals surface area (Å²) in [5, 5.41) is 11.1. The van der Waals surface area contributed by atoms with Crippen molar-refractivity contribution in [3.05, 3.63) is 18.2 Å². The highest BCUT2D eigenvalue weighted by Gasteiger charge is 2.20. The van der Waals surface area contributed by atoms with Gasteiger partial charge in [0, 0.05) is 5.39 Å². The normalized spacial score (nSPS) is 21.4. The van der Waals surface area contributed by atoms with Crippen molar-refractivity contribution in [3.63, 3.8) is 0 Å². The highest BCUT2D eigenvalue weighted by atomic mass is 16.5. The van der Waals surface area contributed by atoms with E-state index in [-0.39, 0.29) is 11.4 Å². The SMILES string of the molecule is CC1CCC(COc2cc3ccc(O)c(N)c3c(N)c2N)CC1. The van der Waals surface area contributed by atoms with Crippen LogP contribution in [0.1, 0.15) is 32.6 Å². The molecule has 2 aromatic rings. The molecule has 0 spiro atoms. The summed E-state index contributed by atoms with van der Waals surface area (Å²) in [5.41, 5.74) is 19.2. The molecule has 0 saturated heterocycles. The van der Waals surface area contributed by atoms with Crippen LogP contribution in [0.15, 0.2) is 18.2 Å². The Kier molecular flexibility index (Phi) is 4.11. The van der Waals surface area contributed by atoms with Crippen molar-refractivity contribution in [3.8, 4) is 11.5 Å². The minimum Gasteiger partial charge on any atom is -0.506 e. The van der Waals surface area contributed by atoms with Crippen LogP contribution in [0.25, 0.3) is 10.8 Å². The van der Waals surface area contributed by atoms with E-state index in [0.29, 0.717) is 35.0 Å². The Labute approximate surface area is 136 Å². The Morgan fingerprint density at radius 3 is 2.43 bits per heavy atom. The first-order valence-electron chi connectivity index (χ1n) is 8.19. The van der Waals surface area contributed by atoms with E-state index < -0.39 is 0 Å². The van der Waals surface area contributed by atoms with E-state index in [0.717, 1.165) is 11.3 Å². The first kappa shape index (κ1) is 15.6. The van der Waals surface area contributed by atoms with Crippen LogP contribution >= 0.6 is 0 Å². The first-order valence-corrected chi connectivity index (χ1v) is 8.19. The van der Waals surface area contributed by atoms with Crippen molar-refractivity contribution < 1.29 is 9.84 Å². The lowest BCUT2D eigenvalue weighted by atomic mass is 9.83. The number of hydrogen-bond donors (Lipinski definition) is 4. The highest BCUT2D eigenvalue weighted by Crippen LogP contribution is 2.41. The highest BCUT2D eigenvalue weighted by molar-refractivity contribution is 6.09. The van der Waals surface area contributed by atoms with E-state index in [1.807, 2.05) is 6.07 Å². The van der Waals surface area contributed by atoms with E-state index in [4.69, 9.17) is 21.9 Å². The molecule has 0 unspecified atom stereocenters. The molecule has 7 N–H and O–H groups in total. The minimum atomic E-state index is 0.00796. The third-order valence-electron chi connectivity index (χ3n) is 4.98. The zero-order valence-corrected chi connectivity index (χ0v) is 13.5. The summed E-state index contributed by atoms with van der Waals surface area (Å²) in [6.45, 7) is 2.97. The predicted octanol–water partition coefficient (Wildman–Crippen LogP) is 3.50. The van der Waals surface area contributed by atoms with Crippen LogP contribution in [0, 0.1) is 11.8 Å². The number of phenols is 1. The molecule has 2 aromatic carbocycles. The van der Waals surface area contributed by atoms with Crippen LogP contribution in [0.2, 0.25) is 0 Å². The molecule has 0 heterocycles. The second-order valence-corrected chi connectivity index (χ2v) is 6.74. The summed E-state index contributed by atoms with van der Waals surface area (Å²) in [7, 11) is 0. The average molecular weight is 315 g/mol. The number of fused-ring (bicyclic) bond motifs is 1. The number of hydrogen-bond acceptors (Lipinski definition) is 5. The van der Waals surface area contributed by atoms with Gasteiger partial charge in [-0.3, -0.25) is 0 Å². The van der Waals surface area contributed by atoms with Crippen molar-refractivity contribution in [1.82, 2.24) is 0 Å². The number of ether oxygens (including phenoxy) is 1. The summed E-state index contributed by atoms with van der Waals surface area (Å²) >= 11 is 0. The van der Waals surface area contributed by atoms with Gasteiger partial charge in [0.2, 0.25) is 0 Å². The largest absolute Gasteiger partial charge is 0.506 e. The fourth-order valence-corrected chi connectivity index (χ4v) is 3.36. The summed E-state index contributed by atoms with van der Waals surface area (Å²) in [6.07, 6.45) is 4.92. The van der Waals surface area contributed by atoms with Gasteiger partial charge in [-0.1, -0.05) is 25.8 Å². The second kappa shape index (κ2) is 6.07. The smallest absolute Gasteiger partial charge is 0.144 e. The van der Waals surface area contributed by atoms with Gasteiger partial charge < -0.3 is 27.0 Å². The van der Waals surface area contributed by atoms with E-state index in [1.165, 1.54) is 25.7 Å². The third kappa shape index (κ3) is 2.96. The van der Waals surface area contributed by atoms with E-state index in [1.54, 1.807) is 12.1 Å². The lowest BCUT2D eigenvalue weighted by Crippen LogP contribution is -2.19. The molecule has 1 aliphatic rings. The van der Waals surface area contributed by atoms with E-state index >= 15 is 0 Å². The Morgan fingerprint density at radius 2 is 1.74 bits per heavy atom. The summed E-state index contributed by atoms with van der Waals surface area (Å²) in [5.74, 6) is 2.00. The molecular formula is C18H25N3O2. The topological polar surface area (TPSA) is 108 Å². The molecule has 3 rings (SSSR count). The quantitative estimate of drug-likeness (QED) is 0.512. The van der Waals surface area contributed by atoms with Crippen LogP contribution in [-0.4, -0.2) is 11.7 Å². The van der Waals surface area contributed by atoms with E-state index in [9.17, 15) is 5.11 Å². The standard InChI is InChI=1S/C18H25N3O2/c1-10-2-4-11(5-3-10)9-23-14-8-12-6-7-13(22)16(19)15(12)18(21)17(14)20/h6-8,10-11,22H,2-5,9,19-21H2,1H3. The number of benzene rings is 2. The zero-order valence-electron chi connectivity index (χ0n) is 13.5. The van der Waals surface area contributed by atoms with Crippen LogP contribution in [-0.2, 0) is 0 Å². The molecule has 1 aliphatic carbocycles. The van der Waals surface area contributed by atoms with Crippen molar-refractivity contribution in [2.24, 2.45) is 11.8 Å². The number of phenolic OH excluding ortho intramolecular Hbond substituents is 1. The fourth-order valence-electron chi connectivity index (χ4n) is 3.36. The monoisotopic (exact) mass is 315 g/mol. The lowest BCUT2D eigenvalue weighted by Gasteiger charge is -2.26. The van der Waals surface area contributed by atoms with Crippen molar-refractivity contribution in [1.29, 1.82) is 0 Å². The van der Waals surface area contributed by atoms with Gasteiger partial charge in [0.15, 0.2) is 0 Å². The number of anilines is 3. The van der Waals surface area contributed by atoms with Crippen molar-refractivity contribution in [2.45, 2.75) is 32.6 Å². The molecule has 0 aliphatic heterocycles. The van der Waals surface area contributed by atoms with Crippen LogP contribution in [0.4, 0.5) is 17.1 Å². The Morgan fingerprint density at radius 1 is 1.04 bits per heavy atom. The van der Waals surface area contributed by atoms with Crippen LogP contribution in [0.5, 0.6) is 11.5 Å². The summed E-state index contributed by atoms with van der Waals surface area (Å²) in [4.78, 5) is 0. The Bertz CT molecular complexity index is 722. The summed E-state index contributed by atoms with van der Waals surface area (Å²) < 4.78 is 5.96. The van der Waals surface area contributed by atoms with Crippen molar-refractivity contribution in [2.75, 3.05) is 23.8 Å². The fraction of sp³-hybridized carbons (Fsp3) is 0.444. The molecule has 5 nitrogen and oxygen atoms in total. The molecule has 0 radical (unpaired) electrons. The predicted molar refractivity (Wildman–Crippen MR) is 95.5 cm³/mol. The van der Waals surface area contributed by atoms with Gasteiger partial charge in [0.1, 0.15) is 11.5 Å². The molecule has 124 valence electrons. The Balaban J connectivity index is 1.84. The van der Waals surface area contributed by atoms with Gasteiger partial charge >= 0.3 is 0 Å². The molecule has 0 atom stereocenters. The molecular weight excluding hydrogens is 290 g/mol. The first-order chi connectivity index (χ1) is 11.0. The summed E-state index contributed by atoms with van der Waals surface area (Å²) in [6, 6.07) is 5.17. The Hall–Kier alpha value is -2.30. The third-order valence-corrected chi connectivity index (χ3v) is 4.98. The maximum absolute atomic E-state index is 9.74. The number of nitrogens with two attached hydrogens (primary N) is 3. The molecule has 0 aromatic heterocycles. The van der Waals surface area contributed by atoms with Gasteiger partial charge in [0.25, 0.3) is 0 Å². The molecule has 1 saturated carbocycles. The van der Waals surface area contributed by atoms with Gasteiger partial charge in [-0.2, -0.15) is 0 Å². The van der Waals surface area contributed by atoms with Gasteiger partial charge in [-0.05, 0) is 42.2 Å². The van der Waals surface area contributed by atoms with Crippen LogP contribution < -0.4 is 21.9 Å². The molecule has 1 fully saturated rings. The van der Waals surface area contributed by atoms with Crippen LogP contribution in [0.3, 0.4) is 0 Å². The van der Waals surface area contributed by atoms with Crippen molar-refractivity contribution >= 4 is 27.8 Å². The number of rotatable bonds is 3.